The van der Waals surface area contributed by atoms with E-state index in [0.717, 1.165) is 30.7 Å². The molecule has 1 aliphatic carbocycles. The lowest BCUT2D eigenvalue weighted by Gasteiger charge is -2.20. The number of hydrogen-bond donors (Lipinski definition) is 1. The molecular formula is C16H25NO2S. The van der Waals surface area contributed by atoms with Gasteiger partial charge in [0, 0.05) is 27.8 Å². The molecule has 2 atom stereocenters. The predicted molar refractivity (Wildman–Crippen MR) is 84.7 cm³/mol. The third kappa shape index (κ3) is 4.06. The minimum Gasteiger partial charge on any atom is -0.497 e. The van der Waals surface area contributed by atoms with Gasteiger partial charge in [-0.05, 0) is 37.1 Å². The van der Waals surface area contributed by atoms with Gasteiger partial charge in [0.1, 0.15) is 5.75 Å². The Balaban J connectivity index is 2.07. The second-order valence-electron chi connectivity index (χ2n) is 5.34. The van der Waals surface area contributed by atoms with Gasteiger partial charge in [-0.15, -0.1) is 0 Å². The van der Waals surface area contributed by atoms with Crippen molar-refractivity contribution in [2.45, 2.75) is 43.9 Å². The van der Waals surface area contributed by atoms with Crippen LogP contribution in [0, 0.1) is 0 Å². The second kappa shape index (κ2) is 7.79. The monoisotopic (exact) mass is 295 g/mol. The average Bonchev–Trinajstić information content (AvgIpc) is 3.01. The molecule has 0 radical (unpaired) electrons. The topological polar surface area (TPSA) is 38.3 Å². The Bertz CT molecular complexity index is 444. The molecule has 2 rings (SSSR count). The van der Waals surface area contributed by atoms with Crippen molar-refractivity contribution in [3.8, 4) is 5.75 Å². The Morgan fingerprint density at radius 3 is 2.80 bits per heavy atom. The Hall–Kier alpha value is -0.870. The summed E-state index contributed by atoms with van der Waals surface area (Å²) in [4.78, 5) is 0. The van der Waals surface area contributed by atoms with Gasteiger partial charge < -0.3 is 10.1 Å². The molecule has 1 aromatic carbocycles. The summed E-state index contributed by atoms with van der Waals surface area (Å²) in [5.74, 6) is 1.56. The van der Waals surface area contributed by atoms with Gasteiger partial charge in [0.25, 0.3) is 0 Å². The van der Waals surface area contributed by atoms with Crippen LogP contribution in [0.25, 0.3) is 0 Å². The van der Waals surface area contributed by atoms with E-state index in [0.29, 0.717) is 11.0 Å². The van der Waals surface area contributed by atoms with Crippen molar-refractivity contribution < 1.29 is 8.95 Å². The Labute approximate surface area is 124 Å². The molecule has 112 valence electrons. The van der Waals surface area contributed by atoms with E-state index in [-0.39, 0.29) is 6.04 Å². The molecule has 3 nitrogen and oxygen atoms in total. The molecule has 0 spiro atoms. The van der Waals surface area contributed by atoms with Gasteiger partial charge in [0.15, 0.2) is 0 Å². The lowest BCUT2D eigenvalue weighted by atomic mass is 10.1. The molecule has 2 unspecified atom stereocenters. The van der Waals surface area contributed by atoms with Crippen molar-refractivity contribution >= 4 is 10.8 Å². The van der Waals surface area contributed by atoms with E-state index < -0.39 is 10.8 Å². The van der Waals surface area contributed by atoms with Crippen LogP contribution < -0.4 is 10.1 Å². The zero-order chi connectivity index (χ0) is 14.4. The van der Waals surface area contributed by atoms with Crippen molar-refractivity contribution in [3.63, 3.8) is 0 Å². The maximum atomic E-state index is 12.5. The maximum absolute atomic E-state index is 12.5. The van der Waals surface area contributed by atoms with Crippen LogP contribution in [0.15, 0.2) is 24.3 Å². The Morgan fingerprint density at radius 1 is 1.40 bits per heavy atom. The summed E-state index contributed by atoms with van der Waals surface area (Å²) in [6.07, 6.45) is 4.73. The lowest BCUT2D eigenvalue weighted by Crippen LogP contribution is -2.29. The highest BCUT2D eigenvalue weighted by Crippen LogP contribution is 2.26. The number of benzene rings is 1. The number of ether oxygens (including phenoxy) is 1. The first-order valence-corrected chi connectivity index (χ1v) is 8.87. The first-order valence-electron chi connectivity index (χ1n) is 7.49. The summed E-state index contributed by atoms with van der Waals surface area (Å²) in [5.41, 5.74) is 1.16. The van der Waals surface area contributed by atoms with Crippen LogP contribution in [0.4, 0.5) is 0 Å². The summed E-state index contributed by atoms with van der Waals surface area (Å²) in [7, 11) is 0.939. The number of rotatable bonds is 7. The van der Waals surface area contributed by atoms with Crippen LogP contribution in [-0.2, 0) is 10.8 Å². The van der Waals surface area contributed by atoms with Crippen LogP contribution >= 0.6 is 0 Å². The number of hydrogen-bond acceptors (Lipinski definition) is 3. The normalized spacial score (nSPS) is 18.9. The molecule has 0 saturated heterocycles. The predicted octanol–water partition coefficient (Wildman–Crippen LogP) is 3.04. The molecule has 1 fully saturated rings. The maximum Gasteiger partial charge on any atom is 0.119 e. The highest BCUT2D eigenvalue weighted by atomic mass is 32.2. The van der Waals surface area contributed by atoms with E-state index in [1.54, 1.807) is 7.11 Å². The standard InChI is InChI=1S/C16H25NO2S/c1-3-17-16(12-20(18)15-9-4-5-10-15)13-7-6-8-14(11-13)19-2/h6-8,11,15-17H,3-5,9-10,12H2,1-2H3. The molecule has 0 amide bonds. The number of methoxy groups -OCH3 is 1. The van der Waals surface area contributed by atoms with Gasteiger partial charge in [0.05, 0.1) is 7.11 Å². The van der Waals surface area contributed by atoms with E-state index in [9.17, 15) is 4.21 Å². The highest BCUT2D eigenvalue weighted by molar-refractivity contribution is 7.85. The fourth-order valence-electron chi connectivity index (χ4n) is 2.83. The van der Waals surface area contributed by atoms with Crippen LogP contribution in [0.1, 0.15) is 44.2 Å². The first-order chi connectivity index (χ1) is 9.74. The van der Waals surface area contributed by atoms with Crippen LogP contribution in [0.3, 0.4) is 0 Å². The minimum atomic E-state index is -0.739. The zero-order valence-electron chi connectivity index (χ0n) is 12.4. The minimum absolute atomic E-state index is 0.150. The quantitative estimate of drug-likeness (QED) is 0.840. The van der Waals surface area contributed by atoms with Crippen molar-refractivity contribution in [2.75, 3.05) is 19.4 Å². The number of nitrogens with one attached hydrogen (secondary N) is 1. The fourth-order valence-corrected chi connectivity index (χ4v) is 4.60. The van der Waals surface area contributed by atoms with Crippen molar-refractivity contribution in [1.29, 1.82) is 0 Å². The van der Waals surface area contributed by atoms with Gasteiger partial charge in [-0.1, -0.05) is 31.9 Å². The van der Waals surface area contributed by atoms with Crippen LogP contribution in [0.2, 0.25) is 0 Å². The van der Waals surface area contributed by atoms with Crippen LogP contribution in [0.5, 0.6) is 5.75 Å². The third-order valence-electron chi connectivity index (χ3n) is 3.95. The molecule has 20 heavy (non-hydrogen) atoms. The van der Waals surface area contributed by atoms with Gasteiger partial charge in [0.2, 0.25) is 0 Å². The summed E-state index contributed by atoms with van der Waals surface area (Å²) in [6.45, 7) is 2.97. The Morgan fingerprint density at radius 2 is 2.15 bits per heavy atom. The second-order valence-corrected chi connectivity index (χ2v) is 7.10. The molecule has 1 aromatic rings. The molecule has 4 heteroatoms. The smallest absolute Gasteiger partial charge is 0.119 e. The summed E-state index contributed by atoms with van der Waals surface area (Å²) in [6, 6.07) is 8.22. The third-order valence-corrected chi connectivity index (χ3v) is 5.83. The van der Waals surface area contributed by atoms with Gasteiger partial charge >= 0.3 is 0 Å². The van der Waals surface area contributed by atoms with Gasteiger partial charge in [-0.2, -0.15) is 0 Å². The zero-order valence-corrected chi connectivity index (χ0v) is 13.2. The summed E-state index contributed by atoms with van der Waals surface area (Å²) in [5, 5.41) is 3.86. The molecule has 1 N–H and O–H groups in total. The molecule has 0 aliphatic heterocycles. The highest BCUT2D eigenvalue weighted by Gasteiger charge is 2.24. The SMILES string of the molecule is CCNC(CS(=O)C1CCCC1)c1cccc(OC)c1. The van der Waals surface area contributed by atoms with Crippen molar-refractivity contribution in [3.05, 3.63) is 29.8 Å². The molecule has 0 bridgehead atoms. The molecule has 0 heterocycles. The Kier molecular flexibility index (Phi) is 6.05. The fraction of sp³-hybridized carbons (Fsp3) is 0.625. The van der Waals surface area contributed by atoms with Crippen molar-refractivity contribution in [2.24, 2.45) is 0 Å². The van der Waals surface area contributed by atoms with Gasteiger partial charge in [-0.3, -0.25) is 4.21 Å². The summed E-state index contributed by atoms with van der Waals surface area (Å²) < 4.78 is 17.8. The average molecular weight is 295 g/mol. The summed E-state index contributed by atoms with van der Waals surface area (Å²) >= 11 is 0. The first kappa shape index (κ1) is 15.5. The van der Waals surface area contributed by atoms with Gasteiger partial charge in [-0.25, -0.2) is 0 Å². The van der Waals surface area contributed by atoms with E-state index >= 15 is 0 Å². The van der Waals surface area contributed by atoms with E-state index in [1.807, 2.05) is 18.2 Å². The molecule has 1 saturated carbocycles. The van der Waals surface area contributed by atoms with E-state index in [2.05, 4.69) is 18.3 Å². The van der Waals surface area contributed by atoms with E-state index in [1.165, 1.54) is 12.8 Å². The van der Waals surface area contributed by atoms with Crippen molar-refractivity contribution in [1.82, 2.24) is 5.32 Å². The van der Waals surface area contributed by atoms with Crippen LogP contribution in [-0.4, -0.2) is 28.9 Å². The largest absolute Gasteiger partial charge is 0.497 e. The lowest BCUT2D eigenvalue weighted by molar-refractivity contribution is 0.413. The molecule has 0 aromatic heterocycles. The molecule has 1 aliphatic rings. The molecular weight excluding hydrogens is 270 g/mol. The van der Waals surface area contributed by atoms with E-state index in [4.69, 9.17) is 4.74 Å².